The molecule has 3 N–H and O–H groups in total. The first-order valence-corrected chi connectivity index (χ1v) is 4.56. The van der Waals surface area contributed by atoms with Gasteiger partial charge in [-0.25, -0.2) is 0 Å². The number of phenolic OH excluding ortho intramolecular Hbond substituents is 1. The molecule has 1 aromatic carbocycles. The van der Waals surface area contributed by atoms with Gasteiger partial charge in [-0.2, -0.15) is 0 Å². The van der Waals surface area contributed by atoms with Gasteiger partial charge in [-0.3, -0.25) is 4.79 Å². The number of hydrogen-bond acceptors (Lipinski definition) is 3. The van der Waals surface area contributed by atoms with E-state index in [1.165, 1.54) is 6.07 Å². The number of carbonyl (C=O) groups is 1. The molecule has 0 atom stereocenters. The van der Waals surface area contributed by atoms with Crippen LogP contribution in [0.3, 0.4) is 0 Å². The van der Waals surface area contributed by atoms with Crippen molar-refractivity contribution in [2.24, 2.45) is 0 Å². The van der Waals surface area contributed by atoms with Crippen LogP contribution in [-0.4, -0.2) is 30.1 Å². The molecule has 0 radical (unpaired) electrons. The molecule has 0 saturated carbocycles. The summed E-state index contributed by atoms with van der Waals surface area (Å²) in [7, 11) is 0. The van der Waals surface area contributed by atoms with Gasteiger partial charge in [0.1, 0.15) is 5.75 Å². The molecule has 1 saturated heterocycles. The van der Waals surface area contributed by atoms with Crippen molar-refractivity contribution in [1.82, 2.24) is 10.6 Å². The first-order valence-electron chi connectivity index (χ1n) is 4.56. The molecule has 74 valence electrons. The maximum atomic E-state index is 11.6. The summed E-state index contributed by atoms with van der Waals surface area (Å²) in [6, 6.07) is 6.57. The van der Waals surface area contributed by atoms with Crippen LogP contribution in [0.4, 0.5) is 0 Å². The lowest BCUT2D eigenvalue weighted by molar-refractivity contribution is 0.0923. The lowest BCUT2D eigenvalue weighted by Crippen LogP contribution is -2.56. The van der Waals surface area contributed by atoms with E-state index < -0.39 is 0 Å². The first kappa shape index (κ1) is 9.02. The highest BCUT2D eigenvalue weighted by Crippen LogP contribution is 2.10. The quantitative estimate of drug-likeness (QED) is 0.622. The molecule has 0 unspecified atom stereocenters. The Bertz CT molecular complexity index is 348. The van der Waals surface area contributed by atoms with Crippen molar-refractivity contribution in [3.63, 3.8) is 0 Å². The lowest BCUT2D eigenvalue weighted by Gasteiger charge is -2.27. The Labute approximate surface area is 81.9 Å². The van der Waals surface area contributed by atoms with Crippen molar-refractivity contribution in [3.05, 3.63) is 29.8 Å². The van der Waals surface area contributed by atoms with Crippen LogP contribution in [0.15, 0.2) is 24.3 Å². The second kappa shape index (κ2) is 3.67. The molecule has 1 aliphatic rings. The van der Waals surface area contributed by atoms with E-state index in [0.717, 1.165) is 13.1 Å². The Morgan fingerprint density at radius 3 is 2.86 bits per heavy atom. The Hall–Kier alpha value is -1.55. The molecule has 1 aromatic rings. The molecule has 0 bridgehead atoms. The van der Waals surface area contributed by atoms with Crippen molar-refractivity contribution in [2.45, 2.75) is 6.04 Å². The van der Waals surface area contributed by atoms with E-state index in [0.29, 0.717) is 5.56 Å². The molecule has 1 heterocycles. The average molecular weight is 192 g/mol. The standard InChI is InChI=1S/C10H12N2O2/c13-9-3-1-2-7(4-9)10(14)12-8-5-11-6-8/h1-4,8,11,13H,5-6H2,(H,12,14). The zero-order valence-electron chi connectivity index (χ0n) is 7.66. The number of benzene rings is 1. The van der Waals surface area contributed by atoms with E-state index in [1.807, 2.05) is 0 Å². The van der Waals surface area contributed by atoms with Gasteiger partial charge in [0.05, 0.1) is 6.04 Å². The SMILES string of the molecule is O=C(NC1CNC1)c1cccc(O)c1. The fourth-order valence-electron chi connectivity index (χ4n) is 1.31. The van der Waals surface area contributed by atoms with Gasteiger partial charge >= 0.3 is 0 Å². The minimum atomic E-state index is -0.132. The monoisotopic (exact) mass is 192 g/mol. The minimum absolute atomic E-state index is 0.115. The predicted octanol–water partition coefficient (Wildman–Crippen LogP) is 0.0938. The van der Waals surface area contributed by atoms with Gasteiger partial charge in [0.15, 0.2) is 0 Å². The van der Waals surface area contributed by atoms with Crippen LogP contribution in [-0.2, 0) is 0 Å². The van der Waals surface area contributed by atoms with Crippen LogP contribution in [0.1, 0.15) is 10.4 Å². The molecule has 1 amide bonds. The van der Waals surface area contributed by atoms with E-state index in [9.17, 15) is 9.90 Å². The maximum Gasteiger partial charge on any atom is 0.251 e. The van der Waals surface area contributed by atoms with E-state index in [-0.39, 0.29) is 17.7 Å². The Morgan fingerprint density at radius 2 is 2.29 bits per heavy atom. The highest BCUT2D eigenvalue weighted by atomic mass is 16.3. The number of phenols is 1. The number of carbonyl (C=O) groups excluding carboxylic acids is 1. The van der Waals surface area contributed by atoms with Crippen LogP contribution < -0.4 is 10.6 Å². The molecule has 1 aliphatic heterocycles. The van der Waals surface area contributed by atoms with E-state index in [4.69, 9.17) is 0 Å². The predicted molar refractivity (Wildman–Crippen MR) is 52.2 cm³/mol. The average Bonchev–Trinajstić information content (AvgIpc) is 2.11. The number of rotatable bonds is 2. The number of hydrogen-bond donors (Lipinski definition) is 3. The molecule has 0 spiro atoms. The van der Waals surface area contributed by atoms with Gasteiger partial charge in [-0.1, -0.05) is 6.07 Å². The zero-order valence-corrected chi connectivity index (χ0v) is 7.66. The van der Waals surface area contributed by atoms with Crippen LogP contribution in [0.5, 0.6) is 5.75 Å². The second-order valence-electron chi connectivity index (χ2n) is 3.38. The maximum absolute atomic E-state index is 11.6. The van der Waals surface area contributed by atoms with E-state index >= 15 is 0 Å². The fourth-order valence-corrected chi connectivity index (χ4v) is 1.31. The smallest absolute Gasteiger partial charge is 0.251 e. The second-order valence-corrected chi connectivity index (χ2v) is 3.38. The lowest BCUT2D eigenvalue weighted by atomic mass is 10.1. The van der Waals surface area contributed by atoms with Gasteiger partial charge in [0, 0.05) is 18.7 Å². The Morgan fingerprint density at radius 1 is 1.50 bits per heavy atom. The molecule has 0 aromatic heterocycles. The van der Waals surface area contributed by atoms with Crippen LogP contribution in [0, 0.1) is 0 Å². The molecular weight excluding hydrogens is 180 g/mol. The number of nitrogens with one attached hydrogen (secondary N) is 2. The van der Waals surface area contributed by atoms with E-state index in [2.05, 4.69) is 10.6 Å². The van der Waals surface area contributed by atoms with Gasteiger partial charge in [-0.05, 0) is 18.2 Å². The summed E-state index contributed by atoms with van der Waals surface area (Å²) in [4.78, 5) is 11.6. The number of amides is 1. The normalized spacial score (nSPS) is 16.0. The molecule has 1 fully saturated rings. The Kier molecular flexibility index (Phi) is 2.37. The largest absolute Gasteiger partial charge is 0.508 e. The van der Waals surface area contributed by atoms with Gasteiger partial charge in [0.25, 0.3) is 5.91 Å². The van der Waals surface area contributed by atoms with E-state index in [1.54, 1.807) is 18.2 Å². The molecule has 4 heteroatoms. The third kappa shape index (κ3) is 1.85. The van der Waals surface area contributed by atoms with Crippen molar-refractivity contribution in [3.8, 4) is 5.75 Å². The molecule has 4 nitrogen and oxygen atoms in total. The highest BCUT2D eigenvalue weighted by Gasteiger charge is 2.19. The number of aromatic hydroxyl groups is 1. The summed E-state index contributed by atoms with van der Waals surface area (Å²) in [6.07, 6.45) is 0. The van der Waals surface area contributed by atoms with Gasteiger partial charge in [-0.15, -0.1) is 0 Å². The van der Waals surface area contributed by atoms with Crippen molar-refractivity contribution < 1.29 is 9.90 Å². The summed E-state index contributed by atoms with van der Waals surface area (Å²) in [5.41, 5.74) is 0.497. The third-order valence-corrected chi connectivity index (χ3v) is 2.23. The van der Waals surface area contributed by atoms with Crippen LogP contribution in [0.2, 0.25) is 0 Å². The summed E-state index contributed by atoms with van der Waals surface area (Å²) >= 11 is 0. The summed E-state index contributed by atoms with van der Waals surface area (Å²) in [5, 5.41) is 15.1. The molecule has 0 aliphatic carbocycles. The topological polar surface area (TPSA) is 61.4 Å². The first-order chi connectivity index (χ1) is 6.75. The third-order valence-electron chi connectivity index (χ3n) is 2.23. The summed E-state index contributed by atoms with van der Waals surface area (Å²) < 4.78 is 0. The van der Waals surface area contributed by atoms with Crippen LogP contribution >= 0.6 is 0 Å². The summed E-state index contributed by atoms with van der Waals surface area (Å²) in [6.45, 7) is 1.65. The van der Waals surface area contributed by atoms with Crippen molar-refractivity contribution in [1.29, 1.82) is 0 Å². The molecular formula is C10H12N2O2. The van der Waals surface area contributed by atoms with Gasteiger partial charge in [0.2, 0.25) is 0 Å². The molecule has 14 heavy (non-hydrogen) atoms. The highest BCUT2D eigenvalue weighted by molar-refractivity contribution is 5.94. The minimum Gasteiger partial charge on any atom is -0.508 e. The van der Waals surface area contributed by atoms with Crippen molar-refractivity contribution >= 4 is 5.91 Å². The zero-order chi connectivity index (χ0) is 9.97. The fraction of sp³-hybridized carbons (Fsp3) is 0.300. The molecule has 2 rings (SSSR count). The Balaban J connectivity index is 2.02. The van der Waals surface area contributed by atoms with Crippen LogP contribution in [0.25, 0.3) is 0 Å². The van der Waals surface area contributed by atoms with Crippen molar-refractivity contribution in [2.75, 3.05) is 13.1 Å². The summed E-state index contributed by atoms with van der Waals surface area (Å²) in [5.74, 6) is -0.0169. The van der Waals surface area contributed by atoms with Gasteiger partial charge < -0.3 is 15.7 Å².